The Bertz CT molecular complexity index is 2210. The molecule has 8 rings (SSSR count). The summed E-state index contributed by atoms with van der Waals surface area (Å²) in [6.07, 6.45) is 25.1. The maximum atomic E-state index is 12.2. The van der Waals surface area contributed by atoms with Crippen molar-refractivity contribution in [2.45, 2.75) is 410 Å². The van der Waals surface area contributed by atoms with Crippen LogP contribution >= 0.6 is 63.7 Å². The van der Waals surface area contributed by atoms with Gasteiger partial charge in [-0.3, -0.25) is 0 Å². The summed E-state index contributed by atoms with van der Waals surface area (Å²) in [5.41, 5.74) is 0.500. The van der Waals surface area contributed by atoms with E-state index in [-0.39, 0.29) is 93.8 Å². The molecule has 0 amide bonds. The SMILES string of the molecule is CCCCC[C@H]1CC[C@@H]2OC(=O)O[C@@H]2C[C@H](Br)[C@@H](CC)O1.CCCCC[C@H]1CC[C@H](O)[C@H](O)C[C@H](Br)[C@@H](CC)O1.CCC[C@@H]1CCC[C@@H](O)[C@@H](O)C[C@H](C)O1.CC[C@H](Br)[C@@H]1CCC[C@H]2OC(=O)O[C@H]2C[C@H](C)O1.CC[C@H](Br)[C@@H]1CC[C@@H](O)[C@@H](OC(=O)c2ccccc2)C[C@@H](C)O1. The molecule has 0 radical (unpaired) electrons. The topological polar surface area (TPSA) is 245 Å². The molecule has 18 nitrogen and oxygen atoms in total. The summed E-state index contributed by atoms with van der Waals surface area (Å²) in [4.78, 5) is 35.7. The number of carbonyl (C=O) groups excluding carboxylic acids is 3. The molecule has 0 bridgehead atoms. The second-order valence-electron chi connectivity index (χ2n) is 27.7. The summed E-state index contributed by atoms with van der Waals surface area (Å²) < 4.78 is 57.1. The Hall–Kier alpha value is -1.25. The second-order valence-corrected chi connectivity index (χ2v) is 32.4. The normalized spacial score (nSPS) is 36.1. The number of hydrogen-bond donors (Lipinski definition) is 5. The number of hydrogen-bond acceptors (Lipinski definition) is 18. The van der Waals surface area contributed by atoms with Crippen LogP contribution in [0.2, 0.25) is 0 Å². The fraction of sp³-hybridized carbons (Fsp3) is 0.878. The molecule has 558 valence electrons. The molecule has 24 atom stereocenters. The van der Waals surface area contributed by atoms with Crippen LogP contribution < -0.4 is 0 Å². The first kappa shape index (κ1) is 87.2. The van der Waals surface area contributed by atoms with Gasteiger partial charge in [0.05, 0.1) is 97.1 Å². The third-order valence-electron chi connectivity index (χ3n) is 19.4. The van der Waals surface area contributed by atoms with Crippen LogP contribution in [0, 0.1) is 0 Å². The van der Waals surface area contributed by atoms with Gasteiger partial charge in [-0.25, -0.2) is 14.4 Å². The van der Waals surface area contributed by atoms with E-state index < -0.39 is 54.9 Å². The van der Waals surface area contributed by atoms with E-state index >= 15 is 0 Å². The summed E-state index contributed by atoms with van der Waals surface area (Å²) in [7, 11) is 0. The molecule has 0 aromatic heterocycles. The lowest BCUT2D eigenvalue weighted by Crippen LogP contribution is -2.40. The monoisotopic (exact) mass is 1620 g/mol. The quantitative estimate of drug-likeness (QED) is 0.0397. The van der Waals surface area contributed by atoms with Crippen LogP contribution in [0.4, 0.5) is 9.59 Å². The largest absolute Gasteiger partial charge is 0.509 e. The number of halogens is 4. The van der Waals surface area contributed by atoms with Crippen LogP contribution in [0.5, 0.6) is 0 Å². The van der Waals surface area contributed by atoms with Crippen molar-refractivity contribution in [2.24, 2.45) is 0 Å². The van der Waals surface area contributed by atoms with Crippen molar-refractivity contribution in [1.82, 2.24) is 0 Å². The van der Waals surface area contributed by atoms with Crippen LogP contribution in [-0.4, -0.2) is 185 Å². The number of fused-ring (bicyclic) bond motifs is 2. The number of rotatable bonds is 18. The molecule has 0 spiro atoms. The lowest BCUT2D eigenvalue weighted by atomic mass is 9.97. The van der Waals surface area contributed by atoms with E-state index in [0.717, 1.165) is 122 Å². The van der Waals surface area contributed by atoms with Gasteiger partial charge >= 0.3 is 18.3 Å². The predicted molar refractivity (Wildman–Crippen MR) is 390 cm³/mol. The van der Waals surface area contributed by atoms with E-state index in [1.54, 1.807) is 24.3 Å². The summed E-state index contributed by atoms with van der Waals surface area (Å²) in [6, 6.07) is 8.86. The molecule has 5 N–H and O–H groups in total. The van der Waals surface area contributed by atoms with Gasteiger partial charge in [0.1, 0.15) is 30.5 Å². The van der Waals surface area contributed by atoms with Gasteiger partial charge in [0, 0.05) is 45.0 Å². The fourth-order valence-corrected chi connectivity index (χ4v) is 16.1. The van der Waals surface area contributed by atoms with Gasteiger partial charge in [-0.1, -0.05) is 175 Å². The number of carbonyl (C=O) groups is 3. The Balaban J connectivity index is 0.000000257. The van der Waals surface area contributed by atoms with Gasteiger partial charge in [-0.05, 0) is 161 Å². The number of esters is 1. The third-order valence-corrected chi connectivity index (χ3v) is 23.8. The summed E-state index contributed by atoms with van der Waals surface area (Å²) in [5, 5.41) is 49.6. The van der Waals surface area contributed by atoms with Gasteiger partial charge in [0.15, 0.2) is 0 Å². The molecule has 7 aliphatic rings. The average molecular weight is 1620 g/mol. The molecule has 96 heavy (non-hydrogen) atoms. The number of unbranched alkanes of at least 4 members (excludes halogenated alkanes) is 4. The number of aliphatic hydroxyl groups is 5. The van der Waals surface area contributed by atoms with Crippen molar-refractivity contribution < 1.29 is 87.3 Å². The smallest absolute Gasteiger partial charge is 0.456 e. The van der Waals surface area contributed by atoms with Crippen molar-refractivity contribution in [3.05, 3.63) is 35.9 Å². The molecule has 7 heterocycles. The molecular formula is C74H126Br4O18. The summed E-state index contributed by atoms with van der Waals surface area (Å²) in [6.45, 7) is 21.1. The molecule has 7 aliphatic heterocycles. The van der Waals surface area contributed by atoms with Crippen molar-refractivity contribution >= 4 is 82.0 Å². The Labute approximate surface area is 610 Å². The molecule has 22 heteroatoms. The Morgan fingerprint density at radius 3 is 1.50 bits per heavy atom. The highest BCUT2D eigenvalue weighted by molar-refractivity contribution is 9.10. The molecule has 0 saturated carbocycles. The number of benzene rings is 1. The van der Waals surface area contributed by atoms with Crippen LogP contribution in [0.3, 0.4) is 0 Å². The maximum absolute atomic E-state index is 12.2. The van der Waals surface area contributed by atoms with Gasteiger partial charge in [-0.2, -0.15) is 0 Å². The molecule has 1 aromatic rings. The van der Waals surface area contributed by atoms with E-state index in [1.807, 2.05) is 26.8 Å². The number of ether oxygens (including phenoxy) is 10. The molecule has 1 aromatic carbocycles. The highest BCUT2D eigenvalue weighted by Crippen LogP contribution is 2.35. The Morgan fingerprint density at radius 2 is 0.938 bits per heavy atom. The van der Waals surface area contributed by atoms with Crippen LogP contribution in [0.15, 0.2) is 30.3 Å². The highest BCUT2D eigenvalue weighted by Gasteiger charge is 2.42. The second kappa shape index (κ2) is 48.7. The van der Waals surface area contributed by atoms with E-state index in [4.69, 9.17) is 47.4 Å². The first-order chi connectivity index (χ1) is 45.9. The standard InChI is InChI=1S/C18H25BrO4.C16H27BrO4.C15H29BrO3.C13H21BrO4.C12H24O3/c1-3-14(19)16-10-9-15(20)17(11-12(2)22-16)23-18(21)13-7-5-4-6-8-13;1-3-5-6-7-11-8-9-14-15(21-16(18)20-14)10-12(17)13(4-2)19-11;1-3-5-6-7-11-8-9-13(17)14(18)10-12(16)15(4-2)19-11;1-3-9(14)10-5-4-6-11-12(7-8(2)16-10)18-13(15)17-11;1-3-5-10-6-4-7-11(13)12(14)8-9(2)15-10/h4-8,12,14-17,20H,3,9-11H2,1-2H3;11-15H,3-10H2,1-2H3;11-15,17-18H,3-10H2,1-2H3;8-12H,3-7H2,1-2H3;9-14H,3-8H2,1-2H3/t12-,14+,15-,16+,17+;11-,12-,13+,14-,15+;11-,12-,13-,14+,15+;8-,9-,10-,11+,12-;9-,10+,11+,12-/m10000/s1. The van der Waals surface area contributed by atoms with Gasteiger partial charge in [0.2, 0.25) is 0 Å². The first-order valence-electron chi connectivity index (χ1n) is 37.2. The average Bonchev–Trinajstić information content (AvgIpc) is 2.47. The molecular weight excluding hydrogens is 1500 g/mol. The first-order valence-corrected chi connectivity index (χ1v) is 40.9. The van der Waals surface area contributed by atoms with Crippen molar-refractivity contribution in [3.8, 4) is 0 Å². The number of alkyl halides is 4. The highest BCUT2D eigenvalue weighted by atomic mass is 79.9. The molecule has 0 unspecified atom stereocenters. The lowest BCUT2D eigenvalue weighted by molar-refractivity contribution is -0.0902. The zero-order valence-corrected chi connectivity index (χ0v) is 66.1. The van der Waals surface area contributed by atoms with E-state index in [2.05, 4.69) is 112 Å². The molecule has 0 aliphatic carbocycles. The van der Waals surface area contributed by atoms with Crippen LogP contribution in [0.1, 0.15) is 279 Å². The summed E-state index contributed by atoms with van der Waals surface area (Å²) in [5.74, 6) is -0.397. The minimum absolute atomic E-state index is 0.0456. The zero-order valence-electron chi connectivity index (χ0n) is 59.7. The Morgan fingerprint density at radius 1 is 0.469 bits per heavy atom. The Kier molecular flexibility index (Phi) is 44.2. The zero-order chi connectivity index (χ0) is 70.7. The van der Waals surface area contributed by atoms with E-state index in [9.17, 15) is 39.9 Å². The fourth-order valence-electron chi connectivity index (χ4n) is 13.6. The van der Waals surface area contributed by atoms with Gasteiger partial charge in [0.25, 0.3) is 0 Å². The lowest BCUT2D eigenvalue weighted by Gasteiger charge is -2.34. The maximum Gasteiger partial charge on any atom is 0.509 e. The minimum Gasteiger partial charge on any atom is -0.456 e. The van der Waals surface area contributed by atoms with E-state index in [1.165, 1.54) is 38.5 Å². The van der Waals surface area contributed by atoms with Crippen molar-refractivity contribution in [2.75, 3.05) is 0 Å². The third kappa shape index (κ3) is 32.6. The van der Waals surface area contributed by atoms with Gasteiger partial charge < -0.3 is 72.9 Å². The number of aliphatic hydroxyl groups excluding tert-OH is 5. The van der Waals surface area contributed by atoms with Crippen molar-refractivity contribution in [1.29, 1.82) is 0 Å². The summed E-state index contributed by atoms with van der Waals surface area (Å²) >= 11 is 14.7. The van der Waals surface area contributed by atoms with Crippen molar-refractivity contribution in [3.63, 3.8) is 0 Å². The molecule has 7 fully saturated rings. The van der Waals surface area contributed by atoms with Crippen LogP contribution in [0.25, 0.3) is 0 Å². The minimum atomic E-state index is -0.659. The molecule has 7 saturated heterocycles. The predicted octanol–water partition coefficient (Wildman–Crippen LogP) is 17.0. The van der Waals surface area contributed by atoms with E-state index in [0.29, 0.717) is 55.0 Å². The van der Waals surface area contributed by atoms with Crippen LogP contribution in [-0.2, 0) is 47.4 Å². The van der Waals surface area contributed by atoms with Gasteiger partial charge in [-0.15, -0.1) is 0 Å².